The zero-order valence-corrected chi connectivity index (χ0v) is 25.1. The number of carbonyl (C=O) groups is 2. The molecule has 2 aliphatic heterocycles. The summed E-state index contributed by atoms with van der Waals surface area (Å²) in [4.78, 5) is 36.6. The summed E-state index contributed by atoms with van der Waals surface area (Å²) in [6.45, 7) is 7.96. The molecule has 220 valence electrons. The maximum atomic E-state index is 13.1. The van der Waals surface area contributed by atoms with Gasteiger partial charge >= 0.3 is 5.97 Å². The molecule has 1 aliphatic carbocycles. The molecule has 3 aliphatic rings. The molecular formula is C35H47N3O3. The number of rotatable bonds is 9. The molecule has 1 N–H and O–H groups in total. The van der Waals surface area contributed by atoms with Crippen LogP contribution < -0.4 is 0 Å². The van der Waals surface area contributed by atoms with E-state index in [1.165, 1.54) is 32.1 Å². The number of amidine groups is 1. The lowest BCUT2D eigenvalue weighted by Gasteiger charge is -2.33. The Balaban J connectivity index is 1.45. The third kappa shape index (κ3) is 8.85. The number of hydrogen-bond donors (Lipinski definition) is 1. The van der Waals surface area contributed by atoms with Crippen LogP contribution >= 0.6 is 0 Å². The molecule has 0 radical (unpaired) electrons. The third-order valence-electron chi connectivity index (χ3n) is 9.02. The fraction of sp³-hybridized carbons (Fsp3) is 0.543. The molecule has 1 saturated heterocycles. The number of allylic oxidation sites excluding steroid dienone is 5. The quantitative estimate of drug-likeness (QED) is 0.188. The van der Waals surface area contributed by atoms with Gasteiger partial charge < -0.3 is 10.0 Å². The van der Waals surface area contributed by atoms with Gasteiger partial charge in [-0.2, -0.15) is 0 Å². The summed E-state index contributed by atoms with van der Waals surface area (Å²) in [6, 6.07) is 7.68. The van der Waals surface area contributed by atoms with Gasteiger partial charge in [0.25, 0.3) is 0 Å². The predicted octanol–water partition coefficient (Wildman–Crippen LogP) is 8.19. The van der Waals surface area contributed by atoms with E-state index in [0.717, 1.165) is 47.3 Å². The summed E-state index contributed by atoms with van der Waals surface area (Å²) in [5.74, 6) is 1.87. The van der Waals surface area contributed by atoms with Crippen LogP contribution in [0.2, 0.25) is 0 Å². The summed E-state index contributed by atoms with van der Waals surface area (Å²) in [5, 5.41) is 9.41. The van der Waals surface area contributed by atoms with E-state index in [4.69, 9.17) is 9.98 Å². The van der Waals surface area contributed by atoms with Crippen molar-refractivity contribution in [1.29, 1.82) is 0 Å². The first-order valence-electron chi connectivity index (χ1n) is 15.6. The van der Waals surface area contributed by atoms with E-state index in [1.54, 1.807) is 0 Å². The fourth-order valence-corrected chi connectivity index (χ4v) is 6.30. The summed E-state index contributed by atoms with van der Waals surface area (Å²) >= 11 is 0. The first kappa shape index (κ1) is 30.7. The van der Waals surface area contributed by atoms with Crippen molar-refractivity contribution >= 4 is 29.0 Å². The monoisotopic (exact) mass is 557 g/mol. The van der Waals surface area contributed by atoms with Crippen LogP contribution in [0.1, 0.15) is 95.3 Å². The number of ketones is 1. The molecule has 0 bridgehead atoms. The molecule has 0 amide bonds. The number of piperidine rings is 1. The van der Waals surface area contributed by atoms with E-state index in [0.29, 0.717) is 44.2 Å². The zero-order chi connectivity index (χ0) is 29.2. The highest BCUT2D eigenvalue weighted by Crippen LogP contribution is 2.33. The summed E-state index contributed by atoms with van der Waals surface area (Å²) in [6.07, 6.45) is 20.1. The normalized spacial score (nSPS) is 24.7. The fourth-order valence-electron chi connectivity index (χ4n) is 6.30. The number of Topliss-reactive ketones (excluding diaryl/α,β-unsaturated/α-hetero) is 1. The van der Waals surface area contributed by atoms with E-state index in [1.807, 2.05) is 43.3 Å². The zero-order valence-electron chi connectivity index (χ0n) is 25.1. The second-order valence-corrected chi connectivity index (χ2v) is 12.2. The van der Waals surface area contributed by atoms with Crippen molar-refractivity contribution in [1.82, 2.24) is 4.90 Å². The van der Waals surface area contributed by atoms with E-state index in [-0.39, 0.29) is 11.7 Å². The van der Waals surface area contributed by atoms with Crippen LogP contribution in [-0.2, 0) is 4.79 Å². The second-order valence-electron chi connectivity index (χ2n) is 12.2. The Morgan fingerprint density at radius 2 is 1.85 bits per heavy atom. The average molecular weight is 558 g/mol. The van der Waals surface area contributed by atoms with Crippen LogP contribution in [0.4, 0.5) is 5.69 Å². The van der Waals surface area contributed by atoms with E-state index in [9.17, 15) is 14.7 Å². The summed E-state index contributed by atoms with van der Waals surface area (Å²) in [7, 11) is 0. The number of carbonyl (C=O) groups excluding carboxylic acids is 1. The maximum absolute atomic E-state index is 13.1. The average Bonchev–Trinajstić information content (AvgIpc) is 3.34. The van der Waals surface area contributed by atoms with Gasteiger partial charge in [-0.3, -0.25) is 9.59 Å². The van der Waals surface area contributed by atoms with Crippen molar-refractivity contribution in [2.24, 2.45) is 33.7 Å². The van der Waals surface area contributed by atoms with Crippen molar-refractivity contribution in [2.45, 2.75) is 85.0 Å². The van der Waals surface area contributed by atoms with Crippen molar-refractivity contribution in [3.63, 3.8) is 0 Å². The van der Waals surface area contributed by atoms with Gasteiger partial charge in [-0.15, -0.1) is 0 Å². The Morgan fingerprint density at radius 3 is 2.56 bits per heavy atom. The SMILES string of the molecule is CC=C/C=C(\C1=NC(=Nc2ccc(C(=O)CC(C)C3CCCC(C)CC3)cc2)CCC=C1)N1CCC(C(=O)O)CC1. The summed E-state index contributed by atoms with van der Waals surface area (Å²) in [5.41, 5.74) is 3.40. The highest BCUT2D eigenvalue weighted by molar-refractivity contribution is 6.14. The molecule has 4 rings (SSSR count). The van der Waals surface area contributed by atoms with Crippen LogP contribution in [0.25, 0.3) is 0 Å². The number of likely N-dealkylation sites (tertiary alicyclic amines) is 1. The van der Waals surface area contributed by atoms with E-state index in [2.05, 4.69) is 37.0 Å². The maximum Gasteiger partial charge on any atom is 0.306 e. The van der Waals surface area contributed by atoms with Crippen LogP contribution in [-0.4, -0.2) is 46.4 Å². The third-order valence-corrected chi connectivity index (χ3v) is 9.02. The van der Waals surface area contributed by atoms with Gasteiger partial charge in [-0.05, 0) is 86.8 Å². The van der Waals surface area contributed by atoms with Gasteiger partial charge in [0.05, 0.1) is 23.0 Å². The van der Waals surface area contributed by atoms with Crippen molar-refractivity contribution in [2.75, 3.05) is 13.1 Å². The van der Waals surface area contributed by atoms with Crippen LogP contribution in [0.5, 0.6) is 0 Å². The lowest BCUT2D eigenvalue weighted by Crippen LogP contribution is -2.37. The second kappa shape index (κ2) is 15.1. The largest absolute Gasteiger partial charge is 0.481 e. The number of aliphatic carboxylic acids is 1. The van der Waals surface area contributed by atoms with Crippen molar-refractivity contribution in [3.05, 3.63) is 65.9 Å². The Hall–Kier alpha value is -3.28. The van der Waals surface area contributed by atoms with Gasteiger partial charge in [-0.25, -0.2) is 9.98 Å². The number of carboxylic acid groups (broad SMARTS) is 1. The molecule has 1 aromatic carbocycles. The van der Waals surface area contributed by atoms with Crippen LogP contribution in [0, 0.1) is 23.7 Å². The molecule has 2 heterocycles. The van der Waals surface area contributed by atoms with Gasteiger partial charge in [0.2, 0.25) is 0 Å². The first-order chi connectivity index (χ1) is 19.8. The molecule has 2 fully saturated rings. The lowest BCUT2D eigenvalue weighted by atomic mass is 9.83. The number of carboxylic acids is 1. The minimum atomic E-state index is -0.707. The number of aliphatic imine (C=N–C) groups is 2. The molecule has 3 atom stereocenters. The van der Waals surface area contributed by atoms with Gasteiger partial charge in [0, 0.05) is 31.5 Å². The van der Waals surface area contributed by atoms with Gasteiger partial charge in [-0.1, -0.05) is 57.8 Å². The molecule has 1 saturated carbocycles. The van der Waals surface area contributed by atoms with Crippen LogP contribution in [0.3, 0.4) is 0 Å². The van der Waals surface area contributed by atoms with Gasteiger partial charge in [0.1, 0.15) is 5.84 Å². The molecule has 3 unspecified atom stereocenters. The van der Waals surface area contributed by atoms with Gasteiger partial charge in [0.15, 0.2) is 5.78 Å². The summed E-state index contributed by atoms with van der Waals surface area (Å²) < 4.78 is 0. The Kier molecular flexibility index (Phi) is 11.3. The highest BCUT2D eigenvalue weighted by Gasteiger charge is 2.27. The Bertz CT molecular complexity index is 1200. The first-order valence-corrected chi connectivity index (χ1v) is 15.6. The van der Waals surface area contributed by atoms with Crippen molar-refractivity contribution in [3.8, 4) is 0 Å². The molecule has 6 nitrogen and oxygen atoms in total. The standard InChI is InChI=1S/C35H47N3O3/c1-4-5-12-32(38-22-20-29(21-23-38)35(40)41)31-11-6-7-13-34(37-31)36-30-18-16-28(17-19-30)33(39)24-26(3)27-10-8-9-25(2)14-15-27/h4-6,11-12,16-19,25-27,29H,7-10,13-15,20-24H2,1-3H3,(H,40,41)/b5-4?,32-12+,36-34?. The molecule has 41 heavy (non-hydrogen) atoms. The Labute approximate surface area is 246 Å². The molecular weight excluding hydrogens is 510 g/mol. The van der Waals surface area contributed by atoms with Crippen molar-refractivity contribution < 1.29 is 14.7 Å². The van der Waals surface area contributed by atoms with E-state index >= 15 is 0 Å². The number of benzene rings is 1. The number of nitrogens with zero attached hydrogens (tertiary/aromatic N) is 3. The molecule has 0 aromatic heterocycles. The minimum absolute atomic E-state index is 0.221. The molecule has 0 spiro atoms. The molecule has 1 aromatic rings. The number of hydrogen-bond acceptors (Lipinski definition) is 4. The highest BCUT2D eigenvalue weighted by atomic mass is 16.4. The Morgan fingerprint density at radius 1 is 1.10 bits per heavy atom. The smallest absolute Gasteiger partial charge is 0.306 e. The topological polar surface area (TPSA) is 82.3 Å². The predicted molar refractivity (Wildman–Crippen MR) is 168 cm³/mol. The molecule has 6 heteroatoms. The van der Waals surface area contributed by atoms with Crippen LogP contribution in [0.15, 0.2) is 70.3 Å². The minimum Gasteiger partial charge on any atom is -0.481 e. The van der Waals surface area contributed by atoms with E-state index < -0.39 is 5.97 Å². The lowest BCUT2D eigenvalue weighted by molar-refractivity contribution is -0.143.